The van der Waals surface area contributed by atoms with E-state index in [9.17, 15) is 4.79 Å². The molecular weight excluding hydrogens is 312 g/mol. The molecule has 134 valence electrons. The molecule has 2 aliphatic rings. The maximum Gasteiger partial charge on any atom is 0.224 e. The topological polar surface area (TPSA) is 41.4 Å². The summed E-state index contributed by atoms with van der Waals surface area (Å²) in [7, 11) is 0. The molecule has 1 aliphatic heterocycles. The largest absolute Gasteiger partial charge is 0.341 e. The van der Waals surface area contributed by atoms with Crippen molar-refractivity contribution in [2.24, 2.45) is 5.92 Å². The summed E-state index contributed by atoms with van der Waals surface area (Å²) in [6.07, 6.45) is 7.72. The van der Waals surface area contributed by atoms with Crippen LogP contribution in [0.4, 0.5) is 0 Å². The lowest BCUT2D eigenvalue weighted by Crippen LogP contribution is -2.37. The number of carbonyl (C=O) groups excluding carboxylic acids is 1. The van der Waals surface area contributed by atoms with Crippen LogP contribution in [-0.2, 0) is 11.3 Å². The number of rotatable bonds is 5. The van der Waals surface area contributed by atoms with E-state index in [0.717, 1.165) is 49.6 Å². The molecule has 2 aromatic rings. The van der Waals surface area contributed by atoms with Gasteiger partial charge in [-0.3, -0.25) is 4.79 Å². The highest BCUT2D eigenvalue weighted by atomic mass is 16.2. The van der Waals surface area contributed by atoms with Gasteiger partial charge in [0.2, 0.25) is 5.91 Å². The molecule has 1 aliphatic carbocycles. The number of amides is 1. The third kappa shape index (κ3) is 3.87. The highest BCUT2D eigenvalue weighted by molar-refractivity contribution is 5.77. The zero-order chi connectivity index (χ0) is 17.1. The summed E-state index contributed by atoms with van der Waals surface area (Å²) in [5.41, 5.74) is 2.11. The minimum absolute atomic E-state index is 0.281. The number of hydrogen-bond acceptors (Lipinski definition) is 3. The predicted molar refractivity (Wildman–Crippen MR) is 99.3 cm³/mol. The lowest BCUT2D eigenvalue weighted by Gasteiger charge is -2.31. The third-order valence-electron chi connectivity index (χ3n) is 5.78. The maximum atomic E-state index is 12.7. The van der Waals surface area contributed by atoms with Gasteiger partial charge in [0.25, 0.3) is 0 Å². The summed E-state index contributed by atoms with van der Waals surface area (Å²) in [5.74, 6) is 1.19. The number of nitrogens with zero attached hydrogens (tertiary/aromatic N) is 4. The van der Waals surface area contributed by atoms with Crippen molar-refractivity contribution < 1.29 is 4.79 Å². The third-order valence-corrected chi connectivity index (χ3v) is 5.78. The Hall–Kier alpha value is -1.88. The second-order valence-electron chi connectivity index (χ2n) is 7.51. The van der Waals surface area contributed by atoms with Gasteiger partial charge in [0.1, 0.15) is 0 Å². The Morgan fingerprint density at radius 1 is 1.08 bits per heavy atom. The van der Waals surface area contributed by atoms with Crippen LogP contribution in [0.1, 0.15) is 32.1 Å². The molecule has 0 unspecified atom stereocenters. The van der Waals surface area contributed by atoms with E-state index in [-0.39, 0.29) is 5.91 Å². The number of imidazole rings is 1. The molecule has 0 spiro atoms. The smallest absolute Gasteiger partial charge is 0.224 e. The summed E-state index contributed by atoms with van der Waals surface area (Å²) >= 11 is 0. The maximum absolute atomic E-state index is 12.7. The summed E-state index contributed by atoms with van der Waals surface area (Å²) in [6.45, 7) is 5.92. The van der Waals surface area contributed by atoms with Gasteiger partial charge in [-0.1, -0.05) is 18.6 Å². The zero-order valence-electron chi connectivity index (χ0n) is 14.9. The van der Waals surface area contributed by atoms with Crippen LogP contribution < -0.4 is 0 Å². The van der Waals surface area contributed by atoms with Crippen LogP contribution in [0, 0.1) is 5.92 Å². The van der Waals surface area contributed by atoms with Crippen LogP contribution in [0.5, 0.6) is 0 Å². The molecule has 0 N–H and O–H groups in total. The predicted octanol–water partition coefficient (Wildman–Crippen LogP) is 2.76. The molecule has 2 fully saturated rings. The van der Waals surface area contributed by atoms with Gasteiger partial charge in [-0.05, 0) is 43.9 Å². The van der Waals surface area contributed by atoms with Crippen molar-refractivity contribution in [2.45, 2.75) is 38.6 Å². The molecule has 0 atom stereocenters. The lowest BCUT2D eigenvalue weighted by atomic mass is 9.85. The van der Waals surface area contributed by atoms with E-state index in [1.807, 2.05) is 24.5 Å². The molecule has 1 saturated carbocycles. The van der Waals surface area contributed by atoms with E-state index in [1.165, 1.54) is 25.8 Å². The van der Waals surface area contributed by atoms with E-state index in [2.05, 4.69) is 25.4 Å². The minimum Gasteiger partial charge on any atom is -0.341 e. The van der Waals surface area contributed by atoms with Gasteiger partial charge >= 0.3 is 0 Å². The first kappa shape index (κ1) is 16.6. The molecule has 1 aromatic heterocycles. The molecule has 2 heterocycles. The van der Waals surface area contributed by atoms with Gasteiger partial charge in [-0.25, -0.2) is 4.98 Å². The second-order valence-corrected chi connectivity index (χ2v) is 7.51. The fraction of sp³-hybridized carbons (Fsp3) is 0.600. The highest BCUT2D eigenvalue weighted by Gasteiger charge is 2.23. The molecule has 4 rings (SSSR count). The fourth-order valence-corrected chi connectivity index (χ4v) is 4.01. The number of aryl methyl sites for hydroxylation is 1. The first-order valence-electron chi connectivity index (χ1n) is 9.69. The molecule has 5 heteroatoms. The Kier molecular flexibility index (Phi) is 5.02. The van der Waals surface area contributed by atoms with Crippen LogP contribution in [0.25, 0.3) is 11.0 Å². The van der Waals surface area contributed by atoms with E-state index >= 15 is 0 Å². The summed E-state index contributed by atoms with van der Waals surface area (Å²) in [6, 6.07) is 8.10. The normalized spacial score (nSPS) is 19.8. The van der Waals surface area contributed by atoms with E-state index < -0.39 is 0 Å². The summed E-state index contributed by atoms with van der Waals surface area (Å²) in [4.78, 5) is 21.7. The lowest BCUT2D eigenvalue weighted by molar-refractivity contribution is -0.131. The van der Waals surface area contributed by atoms with Crippen molar-refractivity contribution in [1.82, 2.24) is 19.4 Å². The average Bonchev–Trinajstić information content (AvgIpc) is 2.85. The van der Waals surface area contributed by atoms with E-state index in [1.54, 1.807) is 0 Å². The number of aromatic nitrogens is 2. The minimum atomic E-state index is 0.281. The zero-order valence-corrected chi connectivity index (χ0v) is 14.9. The molecule has 1 saturated heterocycles. The van der Waals surface area contributed by atoms with Gasteiger partial charge in [0.15, 0.2) is 0 Å². The Bertz CT molecular complexity index is 721. The SMILES string of the molecule is O=C(CCn1cnc2ccccc21)N1CCCN(CC2CCC2)CC1. The van der Waals surface area contributed by atoms with Crippen molar-refractivity contribution in [3.63, 3.8) is 0 Å². The van der Waals surface area contributed by atoms with Crippen LogP contribution in [0.15, 0.2) is 30.6 Å². The highest BCUT2D eigenvalue weighted by Crippen LogP contribution is 2.27. The van der Waals surface area contributed by atoms with Crippen LogP contribution in [0.3, 0.4) is 0 Å². The van der Waals surface area contributed by atoms with Crippen LogP contribution in [-0.4, -0.2) is 58.0 Å². The first-order chi connectivity index (χ1) is 12.3. The first-order valence-corrected chi connectivity index (χ1v) is 9.69. The van der Waals surface area contributed by atoms with Crippen molar-refractivity contribution >= 4 is 16.9 Å². The van der Waals surface area contributed by atoms with Gasteiger partial charge < -0.3 is 14.4 Å². The van der Waals surface area contributed by atoms with Gasteiger partial charge in [0, 0.05) is 39.1 Å². The van der Waals surface area contributed by atoms with Crippen molar-refractivity contribution in [1.29, 1.82) is 0 Å². The molecule has 0 bridgehead atoms. The molecule has 1 amide bonds. The number of fused-ring (bicyclic) bond motifs is 1. The molecule has 1 aromatic carbocycles. The van der Waals surface area contributed by atoms with Gasteiger partial charge in [-0.15, -0.1) is 0 Å². The number of benzene rings is 1. The standard InChI is InChI=1S/C20H28N4O/c25-20(9-12-24-16-21-18-7-1-2-8-19(18)24)23-11-4-10-22(13-14-23)15-17-5-3-6-17/h1-2,7-8,16-17H,3-6,9-15H2. The van der Waals surface area contributed by atoms with Crippen molar-refractivity contribution in [3.8, 4) is 0 Å². The Morgan fingerprint density at radius 2 is 1.96 bits per heavy atom. The second kappa shape index (κ2) is 7.56. The molecule has 0 radical (unpaired) electrons. The molecular formula is C20H28N4O. The Morgan fingerprint density at radius 3 is 2.80 bits per heavy atom. The van der Waals surface area contributed by atoms with Crippen molar-refractivity contribution in [2.75, 3.05) is 32.7 Å². The van der Waals surface area contributed by atoms with Crippen LogP contribution >= 0.6 is 0 Å². The monoisotopic (exact) mass is 340 g/mol. The van der Waals surface area contributed by atoms with Gasteiger partial charge in [0.05, 0.1) is 17.4 Å². The van der Waals surface area contributed by atoms with E-state index in [0.29, 0.717) is 13.0 Å². The quantitative estimate of drug-likeness (QED) is 0.840. The Labute approximate surface area is 149 Å². The van der Waals surface area contributed by atoms with Crippen LogP contribution in [0.2, 0.25) is 0 Å². The van der Waals surface area contributed by atoms with E-state index in [4.69, 9.17) is 0 Å². The molecule has 5 nitrogen and oxygen atoms in total. The number of hydrogen-bond donors (Lipinski definition) is 0. The summed E-state index contributed by atoms with van der Waals surface area (Å²) in [5, 5.41) is 0. The van der Waals surface area contributed by atoms with Gasteiger partial charge in [-0.2, -0.15) is 0 Å². The number of carbonyl (C=O) groups is 1. The Balaban J connectivity index is 1.29. The summed E-state index contributed by atoms with van der Waals surface area (Å²) < 4.78 is 2.09. The molecule has 25 heavy (non-hydrogen) atoms. The number of para-hydroxylation sites is 2. The van der Waals surface area contributed by atoms with Crippen molar-refractivity contribution in [3.05, 3.63) is 30.6 Å². The fourth-order valence-electron chi connectivity index (χ4n) is 4.01. The average molecular weight is 340 g/mol.